The molecule has 0 bridgehead atoms. The summed E-state index contributed by atoms with van der Waals surface area (Å²) < 4.78 is 32.8. The highest BCUT2D eigenvalue weighted by Crippen LogP contribution is 2.39. The van der Waals surface area contributed by atoms with E-state index in [1.54, 1.807) is 42.7 Å². The molecule has 0 aromatic heterocycles. The summed E-state index contributed by atoms with van der Waals surface area (Å²) in [6, 6.07) is 8.32. The molecule has 6 nitrogen and oxygen atoms in total. The summed E-state index contributed by atoms with van der Waals surface area (Å²) in [7, 11) is 10.0. The van der Waals surface area contributed by atoms with Gasteiger partial charge in [-0.3, -0.25) is 0 Å². The zero-order valence-corrected chi connectivity index (χ0v) is 33.1. The molecule has 2 aromatic carbocycles. The van der Waals surface area contributed by atoms with E-state index >= 15 is 0 Å². The predicted molar refractivity (Wildman–Crippen MR) is 210 cm³/mol. The van der Waals surface area contributed by atoms with Gasteiger partial charge in [-0.05, 0) is 61.1 Å². The van der Waals surface area contributed by atoms with Crippen LogP contribution in [0.3, 0.4) is 0 Å². The third-order valence-electron chi connectivity index (χ3n) is 10.1. The van der Waals surface area contributed by atoms with Gasteiger partial charge < -0.3 is 28.4 Å². The second kappa shape index (κ2) is 28.9. The molecule has 0 saturated carbocycles. The molecular formula is C44H74O6. The van der Waals surface area contributed by atoms with Crippen LogP contribution in [0, 0.1) is 0 Å². The first-order chi connectivity index (χ1) is 24.6. The lowest BCUT2D eigenvalue weighted by atomic mass is 10.0. The maximum atomic E-state index is 5.49. The fourth-order valence-corrected chi connectivity index (χ4v) is 7.11. The Morgan fingerprint density at radius 2 is 0.440 bits per heavy atom. The van der Waals surface area contributed by atoms with E-state index in [2.05, 4.69) is 24.3 Å². The second-order valence-corrected chi connectivity index (χ2v) is 14.1. The van der Waals surface area contributed by atoms with Crippen molar-refractivity contribution in [2.75, 3.05) is 42.7 Å². The summed E-state index contributed by atoms with van der Waals surface area (Å²) in [5.41, 5.74) is 2.51. The minimum Gasteiger partial charge on any atom is -0.493 e. The number of ether oxygens (including phenoxy) is 6. The summed E-state index contributed by atoms with van der Waals surface area (Å²) in [6.07, 6.45) is 35.3. The molecule has 2 rings (SSSR count). The molecule has 0 spiro atoms. The van der Waals surface area contributed by atoms with Crippen molar-refractivity contribution < 1.29 is 28.4 Å². The minimum absolute atomic E-state index is 0.673. The van der Waals surface area contributed by atoms with Crippen LogP contribution in [0.1, 0.15) is 165 Å². The van der Waals surface area contributed by atoms with Crippen LogP contribution in [0.5, 0.6) is 34.5 Å². The van der Waals surface area contributed by atoms with Crippen molar-refractivity contribution in [3.05, 3.63) is 35.4 Å². The molecule has 6 heteroatoms. The normalized spacial score (nSPS) is 11.1. The highest BCUT2D eigenvalue weighted by atomic mass is 16.5. The Labute approximate surface area is 307 Å². The molecular weight excluding hydrogens is 624 g/mol. The van der Waals surface area contributed by atoms with Gasteiger partial charge >= 0.3 is 0 Å². The fourth-order valence-electron chi connectivity index (χ4n) is 7.11. The van der Waals surface area contributed by atoms with Gasteiger partial charge in [0.15, 0.2) is 23.0 Å². The van der Waals surface area contributed by atoms with E-state index in [9.17, 15) is 0 Å². The fraction of sp³-hybridized carbons (Fsp3) is 0.727. The Morgan fingerprint density at radius 3 is 0.600 bits per heavy atom. The maximum absolute atomic E-state index is 5.49. The summed E-state index contributed by atoms with van der Waals surface area (Å²) in [5.74, 6) is 4.35. The van der Waals surface area contributed by atoms with Crippen molar-refractivity contribution in [1.82, 2.24) is 0 Å². The molecule has 0 atom stereocenters. The van der Waals surface area contributed by atoms with Crippen molar-refractivity contribution in [1.29, 1.82) is 0 Å². The Bertz CT molecular complexity index is 978. The zero-order valence-electron chi connectivity index (χ0n) is 33.1. The molecule has 0 unspecified atom stereocenters. The van der Waals surface area contributed by atoms with E-state index in [1.807, 2.05) is 0 Å². The lowest BCUT2D eigenvalue weighted by molar-refractivity contribution is 0.323. The van der Waals surface area contributed by atoms with E-state index in [1.165, 1.54) is 165 Å². The molecule has 0 N–H and O–H groups in total. The van der Waals surface area contributed by atoms with Crippen LogP contribution >= 0.6 is 0 Å². The van der Waals surface area contributed by atoms with Gasteiger partial charge in [0.1, 0.15) is 0 Å². The monoisotopic (exact) mass is 699 g/mol. The average molecular weight is 699 g/mol. The molecule has 50 heavy (non-hydrogen) atoms. The van der Waals surface area contributed by atoms with Crippen LogP contribution in [-0.2, 0) is 12.8 Å². The topological polar surface area (TPSA) is 55.4 Å². The van der Waals surface area contributed by atoms with Crippen LogP contribution in [0.15, 0.2) is 24.3 Å². The number of hydrogen-bond acceptors (Lipinski definition) is 6. The summed E-state index contributed by atoms with van der Waals surface area (Å²) in [6.45, 7) is 0. The van der Waals surface area contributed by atoms with E-state index < -0.39 is 0 Å². The third-order valence-corrected chi connectivity index (χ3v) is 10.1. The minimum atomic E-state index is 0.673. The first-order valence-corrected chi connectivity index (χ1v) is 20.2. The van der Waals surface area contributed by atoms with E-state index in [4.69, 9.17) is 28.4 Å². The number of aryl methyl sites for hydroxylation is 2. The summed E-state index contributed by atoms with van der Waals surface area (Å²) in [4.78, 5) is 0. The van der Waals surface area contributed by atoms with Crippen molar-refractivity contribution >= 4 is 0 Å². The maximum Gasteiger partial charge on any atom is 0.203 e. The average Bonchev–Trinajstić information content (AvgIpc) is 3.15. The van der Waals surface area contributed by atoms with Crippen molar-refractivity contribution in [2.45, 2.75) is 167 Å². The number of unbranched alkanes of at least 4 members (excludes halogenated alkanes) is 23. The van der Waals surface area contributed by atoms with E-state index in [0.717, 1.165) is 35.8 Å². The molecule has 2 aromatic rings. The summed E-state index contributed by atoms with van der Waals surface area (Å²) >= 11 is 0. The van der Waals surface area contributed by atoms with Gasteiger partial charge in [0.2, 0.25) is 11.5 Å². The second-order valence-electron chi connectivity index (χ2n) is 14.1. The molecule has 286 valence electrons. The van der Waals surface area contributed by atoms with Crippen LogP contribution in [-0.4, -0.2) is 42.7 Å². The quantitative estimate of drug-likeness (QED) is 0.0692. The highest BCUT2D eigenvalue weighted by molar-refractivity contribution is 5.54. The Morgan fingerprint density at radius 1 is 0.260 bits per heavy atom. The van der Waals surface area contributed by atoms with Gasteiger partial charge in [-0.2, -0.15) is 0 Å². The zero-order chi connectivity index (χ0) is 36.1. The molecule has 0 saturated heterocycles. The highest BCUT2D eigenvalue weighted by Gasteiger charge is 2.14. The molecule has 0 aliphatic carbocycles. The molecule has 0 aliphatic rings. The van der Waals surface area contributed by atoms with Crippen LogP contribution in [0.4, 0.5) is 0 Å². The number of rotatable bonds is 33. The molecule has 0 heterocycles. The van der Waals surface area contributed by atoms with Crippen LogP contribution in [0.25, 0.3) is 0 Å². The lowest BCUT2D eigenvalue weighted by Crippen LogP contribution is -1.97. The molecule has 0 radical (unpaired) electrons. The van der Waals surface area contributed by atoms with Crippen molar-refractivity contribution in [3.8, 4) is 34.5 Å². The lowest BCUT2D eigenvalue weighted by Gasteiger charge is -2.14. The van der Waals surface area contributed by atoms with Gasteiger partial charge in [-0.15, -0.1) is 0 Å². The first-order valence-electron chi connectivity index (χ1n) is 20.2. The molecule has 0 fully saturated rings. The molecule has 0 amide bonds. The van der Waals surface area contributed by atoms with Crippen LogP contribution < -0.4 is 28.4 Å². The van der Waals surface area contributed by atoms with Gasteiger partial charge in [-0.25, -0.2) is 0 Å². The SMILES string of the molecule is COc1cc(CCCCCCCCCCCCCCCCCCCCCCCCCCc2cc(OC)c(OC)c(OC)c2)cc(OC)c1OC. The standard InChI is InChI=1S/C44H74O6/c1-45-39-33-37(34-40(46-2)43(39)49-5)31-29-27-25-23-21-19-17-15-13-11-9-7-8-10-12-14-16-18-20-22-24-26-28-30-32-38-35-41(47-3)44(50-6)42(36-38)48-4/h33-36H,7-32H2,1-6H3. The predicted octanol–water partition coefficient (Wildman–Crippen LogP) is 12.9. The third kappa shape index (κ3) is 17.9. The number of hydrogen-bond donors (Lipinski definition) is 0. The summed E-state index contributed by atoms with van der Waals surface area (Å²) in [5, 5.41) is 0. The van der Waals surface area contributed by atoms with Crippen molar-refractivity contribution in [3.63, 3.8) is 0 Å². The van der Waals surface area contributed by atoms with E-state index in [0.29, 0.717) is 11.5 Å². The Balaban J connectivity index is 1.29. The Kier molecular flexibility index (Phi) is 25.1. The number of methoxy groups -OCH3 is 6. The van der Waals surface area contributed by atoms with Gasteiger partial charge in [0, 0.05) is 0 Å². The van der Waals surface area contributed by atoms with E-state index in [-0.39, 0.29) is 0 Å². The molecule has 0 aliphatic heterocycles. The smallest absolute Gasteiger partial charge is 0.203 e. The first kappa shape index (κ1) is 43.4. The van der Waals surface area contributed by atoms with Gasteiger partial charge in [0.05, 0.1) is 42.7 Å². The van der Waals surface area contributed by atoms with Gasteiger partial charge in [0.25, 0.3) is 0 Å². The Hall–Kier alpha value is -2.76. The number of benzene rings is 2. The van der Waals surface area contributed by atoms with Gasteiger partial charge in [-0.1, -0.05) is 141 Å². The van der Waals surface area contributed by atoms with Crippen molar-refractivity contribution in [2.24, 2.45) is 0 Å². The van der Waals surface area contributed by atoms with Crippen LogP contribution in [0.2, 0.25) is 0 Å². The largest absolute Gasteiger partial charge is 0.493 e.